The van der Waals surface area contributed by atoms with E-state index in [0.717, 1.165) is 136 Å². The predicted octanol–water partition coefficient (Wildman–Crippen LogP) is 38.4. The van der Waals surface area contributed by atoms with Gasteiger partial charge in [0.15, 0.2) is 0 Å². The van der Waals surface area contributed by atoms with Gasteiger partial charge in [-0.15, -0.1) is 72.8 Å². The Morgan fingerprint density at radius 3 is 0.659 bits per heavy atom. The molecule has 9 unspecified atom stereocenters. The van der Waals surface area contributed by atoms with Crippen molar-refractivity contribution in [1.29, 1.82) is 0 Å². The zero-order valence-electron chi connectivity index (χ0n) is 75.1. The number of hydrogen-bond acceptors (Lipinski definition) is 6. The first-order valence-electron chi connectivity index (χ1n) is 44.6. The monoisotopic (exact) mass is 2810 g/mol. The van der Waals surface area contributed by atoms with E-state index in [0.29, 0.717) is 85.5 Å². The zero-order chi connectivity index (χ0) is 97.0. The molecule has 3 saturated carbocycles. The van der Waals surface area contributed by atoms with Crippen molar-refractivity contribution in [1.82, 2.24) is 0 Å². The molecule has 3 aliphatic heterocycles. The fourth-order valence-electron chi connectivity index (χ4n) is 16.1. The normalized spacial score (nSPS) is 20.4. The molecule has 0 saturated heterocycles. The smallest absolute Gasteiger partial charge is 0.0866 e. The Morgan fingerprint density at radius 2 is 0.459 bits per heavy atom. The first-order chi connectivity index (χ1) is 64.9. The number of halogens is 12. The Bertz CT molecular complexity index is 5180. The molecule has 720 valence electrons. The van der Waals surface area contributed by atoms with Crippen molar-refractivity contribution in [2.24, 2.45) is 0 Å². The van der Waals surface area contributed by atoms with Crippen molar-refractivity contribution in [2.45, 2.75) is 182 Å². The summed E-state index contributed by atoms with van der Waals surface area (Å²) in [7, 11) is 2.09. The van der Waals surface area contributed by atoms with Crippen LogP contribution in [0.4, 0.5) is 0 Å². The van der Waals surface area contributed by atoms with Crippen LogP contribution in [-0.4, -0.2) is 62.1 Å². The molecule has 0 aromatic heterocycles. The Kier molecular flexibility index (Phi) is 52.8. The van der Waals surface area contributed by atoms with Crippen LogP contribution < -0.4 is 0 Å². The van der Waals surface area contributed by atoms with E-state index in [2.05, 4.69) is 232 Å². The Labute approximate surface area is 942 Å². The summed E-state index contributed by atoms with van der Waals surface area (Å²) in [5, 5.41) is 70.4. The van der Waals surface area contributed by atoms with Gasteiger partial charge in [-0.1, -0.05) is 36.4 Å². The summed E-state index contributed by atoms with van der Waals surface area (Å²) in [5.74, 6) is 8.06. The van der Waals surface area contributed by atoms with Crippen molar-refractivity contribution >= 4 is 248 Å². The van der Waals surface area contributed by atoms with Crippen molar-refractivity contribution in [2.75, 3.05) is 0 Å². The molecule has 0 spiro atoms. The molecule has 135 heavy (non-hydrogen) atoms. The third-order valence-electron chi connectivity index (χ3n) is 22.8. The number of rotatable bonds is 12. The fourth-order valence-corrected chi connectivity index (χ4v) is 86.2. The molecule has 27 heteroatoms. The fraction of sp³-hybridized carbons (Fsp3) is 0.278. The van der Waals surface area contributed by atoms with Gasteiger partial charge in [0.2, 0.25) is 0 Å². The minimum absolute atomic E-state index is 0.127. The molecule has 3 aliphatic carbocycles. The van der Waals surface area contributed by atoms with Gasteiger partial charge in [-0.2, -0.15) is 148 Å². The van der Waals surface area contributed by atoms with E-state index in [1.165, 1.54) is 134 Å². The summed E-state index contributed by atoms with van der Waals surface area (Å²) in [4.78, 5) is 0. The second kappa shape index (κ2) is 61.5. The van der Waals surface area contributed by atoms with Gasteiger partial charge in [0, 0.05) is 0 Å². The zero-order valence-corrected chi connectivity index (χ0v) is 103. The van der Waals surface area contributed by atoms with Crippen LogP contribution >= 0.6 is 248 Å². The van der Waals surface area contributed by atoms with Crippen LogP contribution in [0.1, 0.15) is 182 Å². The molecule has 12 atom stereocenters. The minimum Gasteiger partial charge on any atom is -0.199 e. The van der Waals surface area contributed by atoms with Crippen molar-refractivity contribution in [3.63, 3.8) is 0 Å². The summed E-state index contributed by atoms with van der Waals surface area (Å²) >= 11 is 47.8. The number of phenols is 6. The van der Waals surface area contributed by atoms with Crippen molar-refractivity contribution in [3.05, 3.63) is 415 Å². The summed E-state index contributed by atoms with van der Waals surface area (Å²) < 4.78 is 8.00. The molecule has 12 aromatic carbocycles. The van der Waals surface area contributed by atoms with Gasteiger partial charge in [0.1, 0.15) is 0 Å². The van der Waals surface area contributed by atoms with Gasteiger partial charge in [-0.05, 0) is 0 Å². The molecule has 6 aliphatic rings. The van der Waals surface area contributed by atoms with Crippen LogP contribution in [0.3, 0.4) is 0 Å². The topological polar surface area (TPSA) is 121 Å². The molecule has 3 heterocycles. The SMILES string of the molecule is Oc1c(Br)cc(Br)cc1C[S]1=[Ti]=[S](Cc2cc(Br)cc(Br)c2O)[C@H]2CCCCCCC21.Oc1c(Cl)cc(Cl)cc1C[S]1=[Ti]=[S](Cc2cc(Cl)cc(Cl)c2O)[C@H]2CCCCCCC21.Oc1c(I)cc(I)cc1C[S]1=[Ti]=[S](Cc2cc(I)cc(I)c2O)[C@H]2CCCCCCC21.[CH2-]c1ccccc1.[CH2-]c1ccccc1.[CH2-]c1ccccc1.[CH2-]c1ccccc1.[CH2-]c1ccccc1.[CH2-]c1ccccc1. The summed E-state index contributed by atoms with van der Waals surface area (Å²) in [6.45, 7) is 22.3. The second-order valence-corrected chi connectivity index (χ2v) is 77.5. The predicted molar refractivity (Wildman–Crippen MR) is 629 cm³/mol. The molecule has 0 bridgehead atoms. The van der Waals surface area contributed by atoms with E-state index in [9.17, 15) is 30.6 Å². The van der Waals surface area contributed by atoms with Gasteiger partial charge < -0.3 is 0 Å². The number of hydrogen-bond donors (Lipinski definition) is 6. The van der Waals surface area contributed by atoms with Crippen LogP contribution in [0.2, 0.25) is 20.1 Å². The molecule has 18 rings (SSSR count). The van der Waals surface area contributed by atoms with E-state index in [-0.39, 0.29) is 73.8 Å². The Balaban J connectivity index is 0.000000171. The van der Waals surface area contributed by atoms with E-state index < -0.39 is 0 Å². The Morgan fingerprint density at radius 1 is 0.259 bits per heavy atom. The number of phenolic OH excluding ortho intramolecular Hbond substituents is 6. The molecular formula is C108H114Br4Cl4I4O6S6Ti3-6. The van der Waals surface area contributed by atoms with E-state index >= 15 is 0 Å². The molecule has 6 N–H and O–H groups in total. The molecule has 6 nitrogen and oxygen atoms in total. The van der Waals surface area contributed by atoms with Gasteiger partial charge in [-0.3, -0.25) is 0 Å². The minimum atomic E-state index is -0.290. The first kappa shape index (κ1) is 116. The van der Waals surface area contributed by atoms with Crippen molar-refractivity contribution < 1.29 is 77.0 Å². The first-order valence-corrected chi connectivity index (χ1v) is 73.8. The van der Waals surface area contributed by atoms with Gasteiger partial charge in [-0.25, -0.2) is 0 Å². The standard InChI is InChI=1S/C22H24Br4O2S2.C22H24Cl4O2S2.C22H24I4O2S2.6C7H7.3Ti/c3*23-15-7-13(21(27)17(25)9-15)11-29-19-5-3-1-2-4-6-20(19)30-12-14-8-16(24)10-18(26)22(14)28;6*1-7-5-3-2-4-6-7;;;/h3*7-10,19-20,27-28H,1-6,11-12H2;6*2-6H,1H2;;;/q;;;6*-1;;;/t3*19-,20?;;;;;;;;;/m000........./s1. The third kappa shape index (κ3) is 38.9. The van der Waals surface area contributed by atoms with Gasteiger partial charge in [0.05, 0.1) is 0 Å². The van der Waals surface area contributed by atoms with Crippen LogP contribution in [0.5, 0.6) is 34.5 Å². The largest absolute Gasteiger partial charge is 0.199 e. The maximum Gasteiger partial charge on any atom is -0.0866 e. The van der Waals surface area contributed by atoms with E-state index in [1.807, 2.05) is 206 Å². The molecule has 3 fully saturated rings. The van der Waals surface area contributed by atoms with E-state index in [1.54, 1.807) is 12.1 Å². The average molecular weight is 2810 g/mol. The maximum absolute atomic E-state index is 10.8. The number of benzene rings is 12. The molecule has 0 amide bonds. The average Bonchev–Trinajstić information content (AvgIpc) is 1.64. The third-order valence-corrected chi connectivity index (χ3v) is 76.6. The van der Waals surface area contributed by atoms with Crippen LogP contribution in [-0.2, 0) is 80.9 Å². The summed E-state index contributed by atoms with van der Waals surface area (Å²) in [6, 6.07) is 82.8. The van der Waals surface area contributed by atoms with Crippen LogP contribution in [0, 0.1) is 55.8 Å². The van der Waals surface area contributed by atoms with Crippen LogP contribution in [0.25, 0.3) is 0 Å². The second-order valence-electron chi connectivity index (χ2n) is 33.2. The molecule has 0 radical (unpaired) electrons. The van der Waals surface area contributed by atoms with Crippen molar-refractivity contribution in [3.8, 4) is 34.5 Å². The molecular weight excluding hydrogens is 2700 g/mol. The van der Waals surface area contributed by atoms with E-state index in [4.69, 9.17) is 46.4 Å². The number of fused-ring (bicyclic) bond motifs is 3. The quantitative estimate of drug-likeness (QED) is 0.0412. The maximum atomic E-state index is 10.8. The number of aromatic hydroxyl groups is 6. The summed E-state index contributed by atoms with van der Waals surface area (Å²) in [6.07, 6.45) is 24.1. The molecule has 12 aromatic rings. The van der Waals surface area contributed by atoms with Crippen LogP contribution in [0.15, 0.2) is 273 Å². The Hall–Kier alpha value is -1.10. The van der Waals surface area contributed by atoms with Gasteiger partial charge in [0.25, 0.3) is 0 Å². The summed E-state index contributed by atoms with van der Waals surface area (Å²) in [5.41, 5.74) is 12.7. The van der Waals surface area contributed by atoms with Gasteiger partial charge >= 0.3 is 700 Å².